The lowest BCUT2D eigenvalue weighted by Gasteiger charge is -2.01. The molecule has 1 heteroatoms. The van der Waals surface area contributed by atoms with Crippen molar-refractivity contribution < 1.29 is 0 Å². The molecule has 90 valence electrons. The normalized spacial score (nSPS) is 11.2. The van der Waals surface area contributed by atoms with Crippen LogP contribution in [0, 0.1) is 0 Å². The van der Waals surface area contributed by atoms with Gasteiger partial charge in [-0.25, -0.2) is 0 Å². The molecule has 0 amide bonds. The zero-order chi connectivity index (χ0) is 12.7. The van der Waals surface area contributed by atoms with E-state index >= 15 is 0 Å². The van der Waals surface area contributed by atoms with Crippen LogP contribution in [-0.2, 0) is 0 Å². The van der Waals surface area contributed by atoms with Crippen LogP contribution in [0.4, 0.5) is 0 Å². The molecule has 0 spiro atoms. The van der Waals surface area contributed by atoms with E-state index in [-0.39, 0.29) is 0 Å². The summed E-state index contributed by atoms with van der Waals surface area (Å²) in [7, 11) is 0. The number of benzene rings is 3. The first-order valence-electron chi connectivity index (χ1n) is 6.47. The number of aromatic nitrogens is 1. The molecule has 1 heterocycles. The Morgan fingerprint density at radius 3 is 2.16 bits per heavy atom. The van der Waals surface area contributed by atoms with Crippen LogP contribution in [0.5, 0.6) is 0 Å². The molecule has 0 aliphatic carbocycles. The van der Waals surface area contributed by atoms with Gasteiger partial charge in [0, 0.05) is 16.6 Å². The summed E-state index contributed by atoms with van der Waals surface area (Å²) in [5.74, 6) is 0. The van der Waals surface area contributed by atoms with Crippen molar-refractivity contribution in [3.8, 4) is 11.3 Å². The van der Waals surface area contributed by atoms with Gasteiger partial charge in [-0.3, -0.25) is 0 Å². The van der Waals surface area contributed by atoms with Gasteiger partial charge in [0.1, 0.15) is 0 Å². The molecule has 19 heavy (non-hydrogen) atoms. The van der Waals surface area contributed by atoms with Gasteiger partial charge in [-0.1, -0.05) is 54.6 Å². The molecule has 4 aromatic rings. The van der Waals surface area contributed by atoms with E-state index in [4.69, 9.17) is 0 Å². The Morgan fingerprint density at radius 2 is 1.32 bits per heavy atom. The number of H-pyrrole nitrogens is 1. The van der Waals surface area contributed by atoms with Gasteiger partial charge >= 0.3 is 0 Å². The first-order valence-corrected chi connectivity index (χ1v) is 6.47. The number of rotatable bonds is 1. The van der Waals surface area contributed by atoms with E-state index in [9.17, 15) is 0 Å². The highest BCUT2D eigenvalue weighted by Crippen LogP contribution is 2.26. The first kappa shape index (κ1) is 10.4. The number of hydrogen-bond acceptors (Lipinski definition) is 0. The Labute approximate surface area is 111 Å². The van der Waals surface area contributed by atoms with Gasteiger partial charge in [-0.2, -0.15) is 0 Å². The summed E-state index contributed by atoms with van der Waals surface area (Å²) in [6.07, 6.45) is 0. The van der Waals surface area contributed by atoms with E-state index in [0.717, 1.165) is 0 Å². The molecule has 0 saturated heterocycles. The molecular formula is C18H13N. The fraction of sp³-hybridized carbons (Fsp3) is 0. The highest BCUT2D eigenvalue weighted by Gasteiger charge is 2.03. The fourth-order valence-electron chi connectivity index (χ4n) is 2.59. The fourth-order valence-corrected chi connectivity index (χ4v) is 2.59. The third-order valence-corrected chi connectivity index (χ3v) is 3.59. The third-order valence-electron chi connectivity index (χ3n) is 3.59. The molecule has 1 aromatic heterocycles. The summed E-state index contributed by atoms with van der Waals surface area (Å²) in [4.78, 5) is 3.48. The number of para-hydroxylation sites is 1. The number of nitrogens with one attached hydrogen (secondary N) is 1. The third kappa shape index (κ3) is 1.71. The van der Waals surface area contributed by atoms with Crippen molar-refractivity contribution in [3.63, 3.8) is 0 Å². The standard InChI is InChI=1S/C18H13N/c1-2-6-14-11-16(10-9-13(14)5-1)18-12-15-7-3-4-8-17(15)19-18/h1-12,19H. The Hall–Kier alpha value is -2.54. The van der Waals surface area contributed by atoms with Gasteiger partial charge < -0.3 is 4.98 Å². The Balaban J connectivity index is 1.93. The monoisotopic (exact) mass is 243 g/mol. The minimum absolute atomic E-state index is 1.17. The largest absolute Gasteiger partial charge is 0.355 e. The maximum absolute atomic E-state index is 3.48. The van der Waals surface area contributed by atoms with Crippen LogP contribution in [0.25, 0.3) is 32.9 Å². The van der Waals surface area contributed by atoms with E-state index in [1.807, 2.05) is 0 Å². The van der Waals surface area contributed by atoms with Crippen molar-refractivity contribution in [2.45, 2.75) is 0 Å². The number of hydrogen-bond donors (Lipinski definition) is 1. The van der Waals surface area contributed by atoms with E-state index in [1.165, 1.54) is 32.9 Å². The topological polar surface area (TPSA) is 15.8 Å². The van der Waals surface area contributed by atoms with E-state index in [2.05, 4.69) is 77.8 Å². The summed E-state index contributed by atoms with van der Waals surface area (Å²) in [6, 6.07) is 25.6. The SMILES string of the molecule is c1ccc2cc(-c3cc4ccccc4[nH]3)ccc2c1. The smallest absolute Gasteiger partial charge is 0.0464 e. The van der Waals surface area contributed by atoms with Crippen molar-refractivity contribution in [1.29, 1.82) is 0 Å². The van der Waals surface area contributed by atoms with Crippen LogP contribution >= 0.6 is 0 Å². The highest BCUT2D eigenvalue weighted by atomic mass is 14.7. The van der Waals surface area contributed by atoms with Gasteiger partial charge in [0.15, 0.2) is 0 Å². The zero-order valence-electron chi connectivity index (χ0n) is 10.4. The molecule has 0 atom stereocenters. The van der Waals surface area contributed by atoms with Gasteiger partial charge in [-0.05, 0) is 34.5 Å². The molecule has 4 rings (SSSR count). The Morgan fingerprint density at radius 1 is 0.579 bits per heavy atom. The predicted octanol–water partition coefficient (Wildman–Crippen LogP) is 4.99. The van der Waals surface area contributed by atoms with Crippen LogP contribution in [-0.4, -0.2) is 4.98 Å². The van der Waals surface area contributed by atoms with Gasteiger partial charge in [-0.15, -0.1) is 0 Å². The molecule has 0 bridgehead atoms. The average molecular weight is 243 g/mol. The van der Waals surface area contributed by atoms with Crippen LogP contribution in [0.3, 0.4) is 0 Å². The van der Waals surface area contributed by atoms with Crippen molar-refractivity contribution in [2.75, 3.05) is 0 Å². The van der Waals surface area contributed by atoms with Gasteiger partial charge in [0.2, 0.25) is 0 Å². The van der Waals surface area contributed by atoms with E-state index in [1.54, 1.807) is 0 Å². The van der Waals surface area contributed by atoms with E-state index in [0.29, 0.717) is 0 Å². The lowest BCUT2D eigenvalue weighted by Crippen LogP contribution is -1.78. The molecule has 0 aliphatic heterocycles. The molecule has 0 fully saturated rings. The number of fused-ring (bicyclic) bond motifs is 2. The lowest BCUT2D eigenvalue weighted by molar-refractivity contribution is 1.46. The zero-order valence-corrected chi connectivity index (χ0v) is 10.4. The minimum Gasteiger partial charge on any atom is -0.355 e. The molecular weight excluding hydrogens is 230 g/mol. The van der Waals surface area contributed by atoms with Crippen LogP contribution < -0.4 is 0 Å². The van der Waals surface area contributed by atoms with E-state index < -0.39 is 0 Å². The van der Waals surface area contributed by atoms with Crippen molar-refractivity contribution in [3.05, 3.63) is 72.8 Å². The highest BCUT2D eigenvalue weighted by molar-refractivity contribution is 5.90. The minimum atomic E-state index is 1.17. The molecule has 0 unspecified atom stereocenters. The molecule has 3 aromatic carbocycles. The molecule has 0 aliphatic rings. The molecule has 1 nitrogen and oxygen atoms in total. The average Bonchev–Trinajstić information content (AvgIpc) is 2.90. The predicted molar refractivity (Wildman–Crippen MR) is 81.2 cm³/mol. The number of aromatic amines is 1. The molecule has 1 N–H and O–H groups in total. The maximum Gasteiger partial charge on any atom is 0.0464 e. The van der Waals surface area contributed by atoms with Crippen molar-refractivity contribution >= 4 is 21.7 Å². The van der Waals surface area contributed by atoms with Crippen molar-refractivity contribution in [2.24, 2.45) is 0 Å². The summed E-state index contributed by atoms with van der Waals surface area (Å²) >= 11 is 0. The van der Waals surface area contributed by atoms with Gasteiger partial charge in [0.05, 0.1) is 0 Å². The lowest BCUT2D eigenvalue weighted by atomic mass is 10.1. The molecule has 0 saturated carbocycles. The maximum atomic E-state index is 3.48. The Kier molecular flexibility index (Phi) is 2.18. The second-order valence-corrected chi connectivity index (χ2v) is 4.83. The summed E-state index contributed by atoms with van der Waals surface area (Å²) < 4.78 is 0. The Bertz CT molecular complexity index is 838. The van der Waals surface area contributed by atoms with Crippen LogP contribution in [0.1, 0.15) is 0 Å². The van der Waals surface area contributed by atoms with Crippen LogP contribution in [0.15, 0.2) is 72.8 Å². The summed E-state index contributed by atoms with van der Waals surface area (Å²) in [6.45, 7) is 0. The van der Waals surface area contributed by atoms with Crippen LogP contribution in [0.2, 0.25) is 0 Å². The second kappa shape index (κ2) is 3.99. The van der Waals surface area contributed by atoms with Crippen molar-refractivity contribution in [1.82, 2.24) is 4.98 Å². The molecule has 0 radical (unpaired) electrons. The summed E-state index contributed by atoms with van der Waals surface area (Å²) in [5.41, 5.74) is 3.59. The first-order chi connectivity index (χ1) is 9.40. The summed E-state index contributed by atoms with van der Waals surface area (Å²) in [5, 5.41) is 3.81. The van der Waals surface area contributed by atoms with Gasteiger partial charge in [0.25, 0.3) is 0 Å². The quantitative estimate of drug-likeness (QED) is 0.485. The second-order valence-electron chi connectivity index (χ2n) is 4.83.